The molecule has 0 bridgehead atoms. The first-order valence-corrected chi connectivity index (χ1v) is 5.91. The fourth-order valence-corrected chi connectivity index (χ4v) is 1.94. The van der Waals surface area contributed by atoms with Crippen LogP contribution in [0.25, 0.3) is 0 Å². The quantitative estimate of drug-likeness (QED) is 0.893. The van der Waals surface area contributed by atoms with E-state index in [0.29, 0.717) is 6.42 Å². The summed E-state index contributed by atoms with van der Waals surface area (Å²) in [6.45, 7) is 0. The first-order chi connectivity index (χ1) is 9.30. The van der Waals surface area contributed by atoms with Crippen LogP contribution in [0.2, 0.25) is 0 Å². The third kappa shape index (κ3) is 2.23. The minimum absolute atomic E-state index is 0.129. The highest BCUT2D eigenvalue weighted by Gasteiger charge is 2.61. The van der Waals surface area contributed by atoms with Gasteiger partial charge in [0.25, 0.3) is 5.91 Å². The van der Waals surface area contributed by atoms with Crippen molar-refractivity contribution < 1.29 is 23.1 Å². The van der Waals surface area contributed by atoms with Crippen LogP contribution in [0, 0.1) is 17.1 Å². The molecule has 0 aromatic heterocycles. The van der Waals surface area contributed by atoms with Crippen LogP contribution >= 0.6 is 0 Å². The van der Waals surface area contributed by atoms with Gasteiger partial charge < -0.3 is 10.4 Å². The average molecular weight is 284 g/mol. The van der Waals surface area contributed by atoms with Gasteiger partial charge in [-0.1, -0.05) is 0 Å². The number of carbonyl (C=O) groups excluding carboxylic acids is 1. The van der Waals surface area contributed by atoms with E-state index in [1.54, 1.807) is 0 Å². The van der Waals surface area contributed by atoms with Crippen LogP contribution < -0.4 is 5.32 Å². The van der Waals surface area contributed by atoms with Crippen molar-refractivity contribution in [2.75, 3.05) is 5.32 Å². The molecule has 1 amide bonds. The Balaban J connectivity index is 2.18. The van der Waals surface area contributed by atoms with Crippen LogP contribution in [0.4, 0.5) is 18.9 Å². The molecule has 2 rings (SSSR count). The summed E-state index contributed by atoms with van der Waals surface area (Å²) in [4.78, 5) is 11.6. The molecule has 106 valence electrons. The molecule has 0 radical (unpaired) electrons. The average Bonchev–Trinajstić information content (AvgIpc) is 2.37. The largest absolute Gasteiger partial charge is 0.383 e. The molecule has 4 nitrogen and oxygen atoms in total. The topological polar surface area (TPSA) is 73.1 Å². The van der Waals surface area contributed by atoms with Gasteiger partial charge in [-0.3, -0.25) is 4.79 Å². The number of benzene rings is 1. The second kappa shape index (κ2) is 4.80. The molecule has 1 aromatic rings. The van der Waals surface area contributed by atoms with Crippen LogP contribution in [-0.2, 0) is 4.79 Å². The van der Waals surface area contributed by atoms with E-state index < -0.39 is 23.2 Å². The maximum atomic E-state index is 13.8. The molecule has 1 saturated carbocycles. The highest BCUT2D eigenvalue weighted by atomic mass is 19.3. The van der Waals surface area contributed by atoms with Crippen LogP contribution in [0.5, 0.6) is 0 Å². The van der Waals surface area contributed by atoms with E-state index in [-0.39, 0.29) is 24.1 Å². The van der Waals surface area contributed by atoms with Gasteiger partial charge in [0.05, 0.1) is 5.56 Å². The highest BCUT2D eigenvalue weighted by molar-refractivity contribution is 5.97. The van der Waals surface area contributed by atoms with Gasteiger partial charge >= 0.3 is 5.92 Å². The first kappa shape index (κ1) is 14.3. The van der Waals surface area contributed by atoms with Crippen molar-refractivity contribution in [3.8, 4) is 6.07 Å². The zero-order chi connectivity index (χ0) is 15.0. The minimum atomic E-state index is -3.94. The number of aliphatic hydroxyl groups is 1. The minimum Gasteiger partial charge on any atom is -0.383 e. The molecular formula is C13H11F3N2O2. The number of halogens is 3. The molecule has 7 heteroatoms. The number of nitriles is 1. The zero-order valence-electron chi connectivity index (χ0n) is 10.3. The van der Waals surface area contributed by atoms with Gasteiger partial charge in [-0.15, -0.1) is 0 Å². The van der Waals surface area contributed by atoms with E-state index in [4.69, 9.17) is 5.26 Å². The Morgan fingerprint density at radius 2 is 2.10 bits per heavy atom. The molecule has 1 aliphatic carbocycles. The fourth-order valence-electron chi connectivity index (χ4n) is 1.94. The van der Waals surface area contributed by atoms with Crippen molar-refractivity contribution >= 4 is 11.6 Å². The summed E-state index contributed by atoms with van der Waals surface area (Å²) in [7, 11) is 0. The van der Waals surface area contributed by atoms with E-state index in [1.165, 1.54) is 6.07 Å². The third-order valence-electron chi connectivity index (χ3n) is 3.40. The predicted octanol–water partition coefficient (Wildman–Crippen LogP) is 2.19. The van der Waals surface area contributed by atoms with E-state index in [1.807, 2.05) is 5.32 Å². The normalized spacial score (nSPS) is 16.9. The molecule has 0 aliphatic heterocycles. The van der Waals surface area contributed by atoms with Gasteiger partial charge in [-0.2, -0.15) is 14.0 Å². The summed E-state index contributed by atoms with van der Waals surface area (Å²) in [5.41, 5.74) is -2.82. The number of anilines is 1. The molecule has 1 fully saturated rings. The summed E-state index contributed by atoms with van der Waals surface area (Å²) < 4.78 is 40.7. The number of nitrogens with one attached hydrogen (secondary N) is 1. The summed E-state index contributed by atoms with van der Waals surface area (Å²) in [5.74, 6) is -6.42. The number of hydrogen-bond acceptors (Lipinski definition) is 3. The second-order valence-corrected chi connectivity index (χ2v) is 4.72. The Morgan fingerprint density at radius 3 is 2.60 bits per heavy atom. The third-order valence-corrected chi connectivity index (χ3v) is 3.40. The number of nitrogens with zero attached hydrogens (tertiary/aromatic N) is 1. The van der Waals surface area contributed by atoms with Crippen molar-refractivity contribution in [2.24, 2.45) is 0 Å². The molecule has 0 atom stereocenters. The van der Waals surface area contributed by atoms with Crippen molar-refractivity contribution in [1.29, 1.82) is 5.26 Å². The zero-order valence-corrected chi connectivity index (χ0v) is 10.3. The van der Waals surface area contributed by atoms with Gasteiger partial charge in [-0.25, -0.2) is 4.39 Å². The van der Waals surface area contributed by atoms with Crippen molar-refractivity contribution in [2.45, 2.75) is 30.8 Å². The second-order valence-electron chi connectivity index (χ2n) is 4.72. The molecule has 0 spiro atoms. The number of carbonyl (C=O) groups is 1. The standard InChI is InChI=1S/C13H11F3N2O2/c14-10-3-2-9(6-8(10)7-17)18-11(19)13(15,16)12(20)4-1-5-12/h2-3,6,20H,1,4-5H2,(H,18,19). The molecule has 2 N–H and O–H groups in total. The number of amides is 1. The summed E-state index contributed by atoms with van der Waals surface area (Å²) in [6, 6.07) is 4.45. The van der Waals surface area contributed by atoms with Gasteiger partial charge in [0, 0.05) is 5.69 Å². The summed E-state index contributed by atoms with van der Waals surface area (Å²) >= 11 is 0. The SMILES string of the molecule is N#Cc1cc(NC(=O)C(F)(F)C2(O)CCC2)ccc1F. The molecule has 1 aliphatic rings. The van der Waals surface area contributed by atoms with Gasteiger partial charge in [-0.05, 0) is 37.5 Å². The van der Waals surface area contributed by atoms with Gasteiger partial charge in [0.1, 0.15) is 17.5 Å². The maximum Gasteiger partial charge on any atom is 0.352 e. The Morgan fingerprint density at radius 1 is 1.45 bits per heavy atom. The molecule has 0 heterocycles. The Kier molecular flexibility index (Phi) is 3.44. The molecule has 0 unspecified atom stereocenters. The lowest BCUT2D eigenvalue weighted by Gasteiger charge is -2.41. The number of alkyl halides is 2. The maximum absolute atomic E-state index is 13.8. The van der Waals surface area contributed by atoms with E-state index in [0.717, 1.165) is 18.2 Å². The van der Waals surface area contributed by atoms with Gasteiger partial charge in [0.15, 0.2) is 0 Å². The van der Waals surface area contributed by atoms with Crippen molar-refractivity contribution in [1.82, 2.24) is 0 Å². The summed E-state index contributed by atoms with van der Waals surface area (Å²) in [6.07, 6.45) is 0.120. The Labute approximate surface area is 112 Å². The van der Waals surface area contributed by atoms with Crippen LogP contribution in [0.15, 0.2) is 18.2 Å². The van der Waals surface area contributed by atoms with Gasteiger partial charge in [0.2, 0.25) is 0 Å². The van der Waals surface area contributed by atoms with Crippen LogP contribution in [-0.4, -0.2) is 22.5 Å². The first-order valence-electron chi connectivity index (χ1n) is 5.91. The van der Waals surface area contributed by atoms with Crippen molar-refractivity contribution in [3.63, 3.8) is 0 Å². The lowest BCUT2D eigenvalue weighted by Crippen LogP contribution is -2.59. The van der Waals surface area contributed by atoms with Crippen LogP contribution in [0.3, 0.4) is 0 Å². The molecule has 1 aromatic carbocycles. The Bertz CT molecular complexity index is 592. The van der Waals surface area contributed by atoms with Crippen LogP contribution in [0.1, 0.15) is 24.8 Å². The summed E-state index contributed by atoms with van der Waals surface area (Å²) in [5, 5.41) is 20.1. The molecular weight excluding hydrogens is 273 g/mol. The monoisotopic (exact) mass is 284 g/mol. The molecule has 20 heavy (non-hydrogen) atoms. The lowest BCUT2D eigenvalue weighted by atomic mass is 9.75. The Hall–Kier alpha value is -2.07. The number of rotatable bonds is 3. The predicted molar refractivity (Wildman–Crippen MR) is 63.5 cm³/mol. The molecule has 0 saturated heterocycles. The van der Waals surface area contributed by atoms with E-state index >= 15 is 0 Å². The fraction of sp³-hybridized carbons (Fsp3) is 0.385. The number of hydrogen-bond donors (Lipinski definition) is 2. The smallest absolute Gasteiger partial charge is 0.352 e. The highest BCUT2D eigenvalue weighted by Crippen LogP contribution is 2.44. The van der Waals surface area contributed by atoms with E-state index in [9.17, 15) is 23.1 Å². The van der Waals surface area contributed by atoms with Crippen molar-refractivity contribution in [3.05, 3.63) is 29.6 Å². The lowest BCUT2D eigenvalue weighted by molar-refractivity contribution is -0.212. The van der Waals surface area contributed by atoms with E-state index in [2.05, 4.69) is 0 Å².